The highest BCUT2D eigenvalue weighted by Crippen LogP contribution is 2.24. The summed E-state index contributed by atoms with van der Waals surface area (Å²) in [6, 6.07) is 14.0. The van der Waals surface area contributed by atoms with Gasteiger partial charge in [-0.3, -0.25) is 9.48 Å². The summed E-state index contributed by atoms with van der Waals surface area (Å²) in [6.07, 6.45) is 6.59. The summed E-state index contributed by atoms with van der Waals surface area (Å²) in [5.41, 5.74) is 5.41. The van der Waals surface area contributed by atoms with Gasteiger partial charge in [0.15, 0.2) is 0 Å². The van der Waals surface area contributed by atoms with Gasteiger partial charge in [0.2, 0.25) is 5.91 Å². The molecule has 0 radical (unpaired) electrons. The number of benzene rings is 2. The van der Waals surface area contributed by atoms with E-state index in [9.17, 15) is 9.18 Å². The summed E-state index contributed by atoms with van der Waals surface area (Å²) in [5, 5.41) is 10.3. The fraction of sp³-hybridized carbons (Fsp3) is 0.160. The molecular formula is C25H23FN4OS. The average molecular weight is 447 g/mol. The molecule has 1 N–H and O–H groups in total. The number of rotatable bonds is 7. The van der Waals surface area contributed by atoms with E-state index in [1.54, 1.807) is 40.4 Å². The van der Waals surface area contributed by atoms with Crippen molar-refractivity contribution in [2.24, 2.45) is 7.05 Å². The van der Waals surface area contributed by atoms with Gasteiger partial charge < -0.3 is 5.32 Å². The summed E-state index contributed by atoms with van der Waals surface area (Å²) in [5.74, 6) is -0.532. The van der Waals surface area contributed by atoms with Crippen LogP contribution < -0.4 is 5.32 Å². The van der Waals surface area contributed by atoms with Gasteiger partial charge in [-0.2, -0.15) is 5.10 Å². The molecule has 32 heavy (non-hydrogen) atoms. The van der Waals surface area contributed by atoms with Crippen LogP contribution in [-0.4, -0.2) is 20.7 Å². The quantitative estimate of drug-likeness (QED) is 0.382. The lowest BCUT2D eigenvalue weighted by atomic mass is 10.1. The molecule has 4 aromatic rings. The molecular weight excluding hydrogens is 423 g/mol. The normalized spacial score (nSPS) is 11.2. The summed E-state index contributed by atoms with van der Waals surface area (Å²) >= 11 is 1.67. The second-order valence-corrected chi connectivity index (χ2v) is 8.30. The summed E-state index contributed by atoms with van der Waals surface area (Å²) < 4.78 is 15.0. The van der Waals surface area contributed by atoms with Crippen LogP contribution in [0, 0.1) is 5.82 Å². The molecule has 0 aliphatic heterocycles. The second-order valence-electron chi connectivity index (χ2n) is 7.36. The highest BCUT2D eigenvalue weighted by molar-refractivity contribution is 7.09. The Morgan fingerprint density at radius 3 is 2.59 bits per heavy atom. The van der Waals surface area contributed by atoms with E-state index in [4.69, 9.17) is 0 Å². The third-order valence-corrected chi connectivity index (χ3v) is 5.93. The third-order valence-electron chi connectivity index (χ3n) is 5.04. The molecule has 7 heteroatoms. The Labute approximate surface area is 190 Å². The molecule has 0 aliphatic carbocycles. The van der Waals surface area contributed by atoms with Gasteiger partial charge in [0, 0.05) is 41.7 Å². The number of amides is 1. The van der Waals surface area contributed by atoms with E-state index >= 15 is 0 Å². The van der Waals surface area contributed by atoms with Crippen molar-refractivity contribution in [2.75, 3.05) is 5.32 Å². The van der Waals surface area contributed by atoms with Crippen LogP contribution in [0.4, 0.5) is 10.1 Å². The maximum Gasteiger partial charge on any atom is 0.248 e. The molecule has 5 nitrogen and oxygen atoms in total. The van der Waals surface area contributed by atoms with Crippen molar-refractivity contribution >= 4 is 29.0 Å². The van der Waals surface area contributed by atoms with Gasteiger partial charge >= 0.3 is 0 Å². The molecule has 0 unspecified atom stereocenters. The smallest absolute Gasteiger partial charge is 0.248 e. The van der Waals surface area contributed by atoms with Crippen molar-refractivity contribution in [3.63, 3.8) is 0 Å². The minimum Gasteiger partial charge on any atom is -0.323 e. The Bertz CT molecular complexity index is 1240. The van der Waals surface area contributed by atoms with E-state index in [1.165, 1.54) is 18.2 Å². The molecule has 2 heterocycles. The Morgan fingerprint density at radius 2 is 1.91 bits per heavy atom. The van der Waals surface area contributed by atoms with Crippen LogP contribution in [0.5, 0.6) is 0 Å². The maximum atomic E-state index is 13.2. The van der Waals surface area contributed by atoms with Gasteiger partial charge in [-0.05, 0) is 54.5 Å². The number of carbonyl (C=O) groups is 1. The molecule has 0 saturated carbocycles. The predicted molar refractivity (Wildman–Crippen MR) is 127 cm³/mol. The first-order chi connectivity index (χ1) is 15.5. The highest BCUT2D eigenvalue weighted by Gasteiger charge is 2.10. The zero-order valence-electron chi connectivity index (χ0n) is 17.9. The van der Waals surface area contributed by atoms with Crippen molar-refractivity contribution in [3.05, 3.63) is 93.8 Å². The fourth-order valence-electron chi connectivity index (χ4n) is 3.36. The van der Waals surface area contributed by atoms with Crippen LogP contribution in [0.1, 0.15) is 28.8 Å². The van der Waals surface area contributed by atoms with Crippen LogP contribution in [0.15, 0.2) is 66.2 Å². The molecule has 0 saturated heterocycles. The number of hydrogen-bond donors (Lipinski definition) is 1. The summed E-state index contributed by atoms with van der Waals surface area (Å²) in [7, 11) is 1.81. The highest BCUT2D eigenvalue weighted by atomic mass is 32.1. The molecule has 2 aromatic heterocycles. The Morgan fingerprint density at radius 1 is 1.16 bits per heavy atom. The molecule has 1 amide bonds. The number of anilines is 1. The van der Waals surface area contributed by atoms with E-state index in [2.05, 4.69) is 27.7 Å². The average Bonchev–Trinajstić information content (AvgIpc) is 3.40. The van der Waals surface area contributed by atoms with Gasteiger partial charge in [0.1, 0.15) is 5.82 Å². The first kappa shape index (κ1) is 21.6. The van der Waals surface area contributed by atoms with E-state index < -0.39 is 0 Å². The Hall–Kier alpha value is -3.58. The standard InChI is InChI=1S/C25H23FN4OS/c1-3-21-16-32-24(29-21)14-17-4-11-22(12-5-17)28-23(31)13-8-19-15-27-30(2)25(19)18-6-9-20(26)10-7-18/h4-13,15-16H,3,14H2,1-2H3,(H,28,31)/b13-8+. The zero-order valence-corrected chi connectivity index (χ0v) is 18.7. The van der Waals surface area contributed by atoms with Gasteiger partial charge in [0.05, 0.1) is 22.6 Å². The monoisotopic (exact) mass is 446 g/mol. The van der Waals surface area contributed by atoms with Crippen molar-refractivity contribution in [1.82, 2.24) is 14.8 Å². The minimum absolute atomic E-state index is 0.237. The predicted octanol–water partition coefficient (Wildman–Crippen LogP) is 5.49. The summed E-state index contributed by atoms with van der Waals surface area (Å²) in [4.78, 5) is 17.0. The topological polar surface area (TPSA) is 59.8 Å². The maximum absolute atomic E-state index is 13.2. The lowest BCUT2D eigenvalue weighted by molar-refractivity contribution is -0.111. The SMILES string of the molecule is CCc1csc(Cc2ccc(NC(=O)/C=C/c3cnn(C)c3-c3ccc(F)cc3)cc2)n1. The van der Waals surface area contributed by atoms with Crippen LogP contribution in [0.25, 0.3) is 17.3 Å². The second kappa shape index (κ2) is 9.70. The molecule has 0 aliphatic rings. The molecule has 0 atom stereocenters. The van der Waals surface area contributed by atoms with Crippen LogP contribution >= 0.6 is 11.3 Å². The number of hydrogen-bond acceptors (Lipinski definition) is 4. The van der Waals surface area contributed by atoms with E-state index in [0.717, 1.165) is 51.6 Å². The van der Waals surface area contributed by atoms with E-state index in [1.807, 2.05) is 31.3 Å². The number of aromatic nitrogens is 3. The van der Waals surface area contributed by atoms with Crippen molar-refractivity contribution in [3.8, 4) is 11.3 Å². The van der Waals surface area contributed by atoms with Crippen LogP contribution in [0.2, 0.25) is 0 Å². The zero-order chi connectivity index (χ0) is 22.5. The molecule has 0 fully saturated rings. The Balaban J connectivity index is 1.40. The molecule has 162 valence electrons. The van der Waals surface area contributed by atoms with Crippen LogP contribution in [0.3, 0.4) is 0 Å². The molecule has 0 bridgehead atoms. The largest absolute Gasteiger partial charge is 0.323 e. The number of thiazole rings is 1. The van der Waals surface area contributed by atoms with Crippen LogP contribution in [-0.2, 0) is 24.7 Å². The van der Waals surface area contributed by atoms with Crippen molar-refractivity contribution < 1.29 is 9.18 Å². The van der Waals surface area contributed by atoms with Gasteiger partial charge in [-0.1, -0.05) is 19.1 Å². The minimum atomic E-state index is -0.296. The van der Waals surface area contributed by atoms with Gasteiger partial charge in [-0.25, -0.2) is 9.37 Å². The molecule has 2 aromatic carbocycles. The number of halogens is 1. The first-order valence-corrected chi connectivity index (χ1v) is 11.2. The number of nitrogens with zero attached hydrogens (tertiary/aromatic N) is 3. The third kappa shape index (κ3) is 5.18. The van der Waals surface area contributed by atoms with Gasteiger partial charge in [0.25, 0.3) is 0 Å². The molecule has 0 spiro atoms. The van der Waals surface area contributed by atoms with Gasteiger partial charge in [-0.15, -0.1) is 11.3 Å². The van der Waals surface area contributed by atoms with E-state index in [0.29, 0.717) is 0 Å². The number of nitrogens with one attached hydrogen (secondary N) is 1. The first-order valence-electron chi connectivity index (χ1n) is 10.3. The van der Waals surface area contributed by atoms with E-state index in [-0.39, 0.29) is 11.7 Å². The lowest BCUT2D eigenvalue weighted by Crippen LogP contribution is -2.07. The Kier molecular flexibility index (Phi) is 6.56. The lowest BCUT2D eigenvalue weighted by Gasteiger charge is -2.05. The summed E-state index contributed by atoms with van der Waals surface area (Å²) in [6.45, 7) is 2.10. The number of aryl methyl sites for hydroxylation is 2. The fourth-order valence-corrected chi connectivity index (χ4v) is 4.27. The van der Waals surface area contributed by atoms with Crippen molar-refractivity contribution in [1.29, 1.82) is 0 Å². The van der Waals surface area contributed by atoms with Crippen molar-refractivity contribution in [2.45, 2.75) is 19.8 Å². The molecule has 4 rings (SSSR count). The number of carbonyl (C=O) groups excluding carboxylic acids is 1.